The van der Waals surface area contributed by atoms with Crippen LogP contribution in [0.3, 0.4) is 0 Å². The van der Waals surface area contributed by atoms with Gasteiger partial charge in [0.2, 0.25) is 0 Å². The predicted octanol–water partition coefficient (Wildman–Crippen LogP) is 4.69. The van der Waals surface area contributed by atoms with E-state index in [0.717, 1.165) is 39.2 Å². The monoisotopic (exact) mass is 438 g/mol. The number of fused-ring (bicyclic) bond motifs is 1. The molecule has 0 spiro atoms. The fourth-order valence-corrected chi connectivity index (χ4v) is 3.89. The van der Waals surface area contributed by atoms with E-state index < -0.39 is 24.3 Å². The van der Waals surface area contributed by atoms with Gasteiger partial charge in [-0.2, -0.15) is 5.10 Å². The summed E-state index contributed by atoms with van der Waals surface area (Å²) in [5.74, 6) is -2.06. The lowest BCUT2D eigenvalue weighted by atomic mass is 9.93. The van der Waals surface area contributed by atoms with Crippen molar-refractivity contribution >= 4 is 23.3 Å². The molecule has 1 aromatic carbocycles. The van der Waals surface area contributed by atoms with Gasteiger partial charge in [0.05, 0.1) is 17.3 Å². The van der Waals surface area contributed by atoms with Crippen LogP contribution in [0.1, 0.15) is 55.1 Å². The van der Waals surface area contributed by atoms with Crippen LogP contribution in [0.4, 0.5) is 4.39 Å². The molecule has 3 rings (SSSR count). The first-order valence-electron chi connectivity index (χ1n) is 10.5. The number of nitrogens with zero attached hydrogens (tertiary/aromatic N) is 2. The summed E-state index contributed by atoms with van der Waals surface area (Å²) in [7, 11) is 0. The third-order valence-corrected chi connectivity index (χ3v) is 5.28. The zero-order chi connectivity index (χ0) is 23.6. The van der Waals surface area contributed by atoms with Crippen molar-refractivity contribution in [3.8, 4) is 11.1 Å². The van der Waals surface area contributed by atoms with Crippen LogP contribution in [0.15, 0.2) is 36.4 Å². The van der Waals surface area contributed by atoms with E-state index in [2.05, 4.69) is 0 Å². The molecule has 0 aliphatic heterocycles. The van der Waals surface area contributed by atoms with Gasteiger partial charge in [-0.15, -0.1) is 0 Å². The van der Waals surface area contributed by atoms with E-state index in [9.17, 15) is 19.1 Å². The quantitative estimate of drug-likeness (QED) is 0.498. The lowest BCUT2D eigenvalue weighted by Crippen LogP contribution is -2.14. The van der Waals surface area contributed by atoms with Gasteiger partial charge < -0.3 is 10.2 Å². The molecule has 32 heavy (non-hydrogen) atoms. The fraction of sp³-hybridized carbons (Fsp3) is 0.320. The number of hydrogen-bond donors (Lipinski definition) is 2. The number of ketones is 1. The number of rotatable bonds is 8. The van der Waals surface area contributed by atoms with Gasteiger partial charge in [0.1, 0.15) is 18.0 Å². The average Bonchev–Trinajstić information content (AvgIpc) is 2.98. The minimum Gasteiger partial charge on any atom is -0.481 e. The molecule has 2 aromatic heterocycles. The summed E-state index contributed by atoms with van der Waals surface area (Å²) in [4.78, 5) is 22.5. The Bertz CT molecular complexity index is 1190. The topological polar surface area (TPSA) is 91.9 Å². The first kappa shape index (κ1) is 23.3. The first-order chi connectivity index (χ1) is 15.1. The summed E-state index contributed by atoms with van der Waals surface area (Å²) >= 11 is 0. The molecule has 0 radical (unpaired) electrons. The van der Waals surface area contributed by atoms with Crippen LogP contribution in [0.25, 0.3) is 22.7 Å². The van der Waals surface area contributed by atoms with Gasteiger partial charge in [-0.1, -0.05) is 38.1 Å². The van der Waals surface area contributed by atoms with Crippen molar-refractivity contribution in [2.24, 2.45) is 0 Å². The van der Waals surface area contributed by atoms with E-state index in [4.69, 9.17) is 10.2 Å². The Kier molecular flexibility index (Phi) is 6.89. The van der Waals surface area contributed by atoms with E-state index in [-0.39, 0.29) is 18.2 Å². The molecule has 0 amide bonds. The van der Waals surface area contributed by atoms with Crippen molar-refractivity contribution in [1.29, 1.82) is 0 Å². The van der Waals surface area contributed by atoms with Crippen LogP contribution in [0.5, 0.6) is 0 Å². The zero-order valence-corrected chi connectivity index (χ0v) is 18.6. The van der Waals surface area contributed by atoms with Crippen LogP contribution in [-0.2, 0) is 9.59 Å². The maximum atomic E-state index is 13.6. The van der Waals surface area contributed by atoms with Crippen LogP contribution < -0.4 is 0 Å². The number of carboxylic acid groups (broad SMARTS) is 1. The summed E-state index contributed by atoms with van der Waals surface area (Å²) < 4.78 is 15.5. The number of carboxylic acids is 1. The normalized spacial score (nSPS) is 12.7. The van der Waals surface area contributed by atoms with Gasteiger partial charge in [0.15, 0.2) is 0 Å². The van der Waals surface area contributed by atoms with Crippen molar-refractivity contribution in [1.82, 2.24) is 9.61 Å². The number of benzene rings is 1. The van der Waals surface area contributed by atoms with Crippen LogP contribution in [-0.4, -0.2) is 37.7 Å². The molecule has 0 fully saturated rings. The summed E-state index contributed by atoms with van der Waals surface area (Å²) in [5, 5.41) is 23.9. The first-order valence-corrected chi connectivity index (χ1v) is 10.5. The fourth-order valence-electron chi connectivity index (χ4n) is 3.89. The third kappa shape index (κ3) is 4.94. The van der Waals surface area contributed by atoms with E-state index in [0.29, 0.717) is 0 Å². The number of aromatic nitrogens is 2. The van der Waals surface area contributed by atoms with E-state index in [1.807, 2.05) is 38.3 Å². The standard InChI is InChI=1S/C25H27FN2O4/c1-14(2)24-21(10-9-19(29)12-20(30)13-22(31)32)23(17-5-7-18(26)8-6-17)25-15(3)11-16(4)28(25)27-24/h5-11,14,19,29H,12-13H2,1-4H3,(H,31,32). The molecule has 3 aromatic rings. The second-order valence-electron chi connectivity index (χ2n) is 8.30. The highest BCUT2D eigenvalue weighted by Crippen LogP contribution is 2.36. The minimum absolute atomic E-state index is 0.0474. The number of hydrogen-bond acceptors (Lipinski definition) is 4. The molecule has 0 aliphatic carbocycles. The highest BCUT2D eigenvalue weighted by Gasteiger charge is 2.21. The van der Waals surface area contributed by atoms with Crippen molar-refractivity contribution in [3.05, 3.63) is 64.7 Å². The lowest BCUT2D eigenvalue weighted by Gasteiger charge is -2.18. The number of aliphatic hydroxyl groups is 1. The number of halogens is 1. The van der Waals surface area contributed by atoms with Crippen molar-refractivity contribution in [3.63, 3.8) is 0 Å². The molecule has 0 bridgehead atoms. The van der Waals surface area contributed by atoms with Crippen molar-refractivity contribution in [2.45, 2.75) is 52.6 Å². The van der Waals surface area contributed by atoms with Crippen molar-refractivity contribution in [2.75, 3.05) is 0 Å². The molecule has 7 heteroatoms. The Labute approximate surface area is 186 Å². The minimum atomic E-state index is -1.22. The molecule has 2 N–H and O–H groups in total. The molecule has 1 unspecified atom stereocenters. The van der Waals surface area contributed by atoms with Gasteiger partial charge in [-0.3, -0.25) is 9.59 Å². The van der Waals surface area contributed by atoms with E-state index >= 15 is 0 Å². The third-order valence-electron chi connectivity index (χ3n) is 5.28. The smallest absolute Gasteiger partial charge is 0.310 e. The number of aliphatic hydroxyl groups excluding tert-OH is 1. The van der Waals surface area contributed by atoms with Gasteiger partial charge in [0.25, 0.3) is 0 Å². The number of aliphatic carboxylic acids is 1. The van der Waals surface area contributed by atoms with Crippen molar-refractivity contribution < 1.29 is 24.2 Å². The van der Waals surface area contributed by atoms with Gasteiger partial charge in [-0.25, -0.2) is 8.91 Å². The second-order valence-corrected chi connectivity index (χ2v) is 8.30. The van der Waals surface area contributed by atoms with Crippen LogP contribution >= 0.6 is 0 Å². The Hall–Kier alpha value is -3.32. The molecule has 2 heterocycles. The molecule has 1 atom stereocenters. The summed E-state index contributed by atoms with van der Waals surface area (Å²) in [5.41, 5.74) is 6.08. The molecule has 0 aliphatic rings. The highest BCUT2D eigenvalue weighted by molar-refractivity contribution is 5.95. The second kappa shape index (κ2) is 9.44. The summed E-state index contributed by atoms with van der Waals surface area (Å²) in [6, 6.07) is 8.26. The maximum absolute atomic E-state index is 13.6. The lowest BCUT2D eigenvalue weighted by molar-refractivity contribution is -0.140. The van der Waals surface area contributed by atoms with E-state index in [1.54, 1.807) is 18.2 Å². The van der Waals surface area contributed by atoms with Gasteiger partial charge >= 0.3 is 5.97 Å². The average molecular weight is 438 g/mol. The Morgan fingerprint density at radius 3 is 2.44 bits per heavy atom. The number of carbonyl (C=O) groups excluding carboxylic acids is 1. The Morgan fingerprint density at radius 2 is 1.84 bits per heavy atom. The zero-order valence-electron chi connectivity index (χ0n) is 18.6. The molecule has 6 nitrogen and oxygen atoms in total. The predicted molar refractivity (Wildman–Crippen MR) is 121 cm³/mol. The molecule has 0 saturated carbocycles. The van der Waals surface area contributed by atoms with Crippen LogP contribution in [0, 0.1) is 19.7 Å². The molecule has 168 valence electrons. The highest BCUT2D eigenvalue weighted by atomic mass is 19.1. The largest absolute Gasteiger partial charge is 0.481 e. The Morgan fingerprint density at radius 1 is 1.19 bits per heavy atom. The number of carbonyl (C=O) groups is 2. The van der Waals surface area contributed by atoms with Gasteiger partial charge in [0, 0.05) is 23.2 Å². The maximum Gasteiger partial charge on any atom is 0.310 e. The number of Topliss-reactive ketones (excluding diaryl/α,β-unsaturated/α-hetero) is 1. The SMILES string of the molecule is Cc1cc(C)n2nc(C(C)C)c(C=CC(O)CC(=O)CC(=O)O)c(-c3ccc(F)cc3)c12. The molecule has 0 saturated heterocycles. The molecular weight excluding hydrogens is 411 g/mol. The van der Waals surface area contributed by atoms with E-state index in [1.165, 1.54) is 18.2 Å². The molecular formula is C25H27FN2O4. The summed E-state index contributed by atoms with van der Waals surface area (Å²) in [6.07, 6.45) is 1.16. The number of aryl methyl sites for hydroxylation is 2. The summed E-state index contributed by atoms with van der Waals surface area (Å²) in [6.45, 7) is 7.98. The van der Waals surface area contributed by atoms with Gasteiger partial charge in [-0.05, 0) is 49.1 Å². The van der Waals surface area contributed by atoms with Crippen LogP contribution in [0.2, 0.25) is 0 Å². The Balaban J connectivity index is 2.19.